The number of hydrogen-bond donors (Lipinski definition) is 2. The van der Waals surface area contributed by atoms with Crippen LogP contribution in [0, 0.1) is 0 Å². The van der Waals surface area contributed by atoms with Gasteiger partial charge >= 0.3 is 0 Å². The second-order valence-corrected chi connectivity index (χ2v) is 6.02. The van der Waals surface area contributed by atoms with Crippen LogP contribution in [0.1, 0.15) is 44.2 Å². The van der Waals surface area contributed by atoms with Gasteiger partial charge in [-0.2, -0.15) is 0 Å². The molecule has 1 aliphatic rings. The smallest absolute Gasteiger partial charge is 0.0468 e. The van der Waals surface area contributed by atoms with Crippen molar-refractivity contribution < 1.29 is 0 Å². The van der Waals surface area contributed by atoms with Crippen molar-refractivity contribution in [1.82, 2.24) is 5.32 Å². The van der Waals surface area contributed by atoms with Crippen LogP contribution in [0.5, 0.6) is 0 Å². The standard InChI is InChI=1S/C14H20Cl2N2/c1-9(13-6-5-10(15)7-14(13)16)18-12-4-2-3-11(17)8-12/h5-7,9,11-12,18H,2-4,8,17H2,1H3. The Morgan fingerprint density at radius 2 is 2.11 bits per heavy atom. The predicted molar refractivity (Wildman–Crippen MR) is 78.2 cm³/mol. The average Bonchev–Trinajstić information content (AvgIpc) is 2.28. The van der Waals surface area contributed by atoms with Crippen LogP contribution in [-0.4, -0.2) is 12.1 Å². The molecule has 0 bridgehead atoms. The zero-order valence-corrected chi connectivity index (χ0v) is 12.1. The molecule has 1 saturated carbocycles. The highest BCUT2D eigenvalue weighted by Crippen LogP contribution is 2.28. The first-order chi connectivity index (χ1) is 8.56. The lowest BCUT2D eigenvalue weighted by Gasteiger charge is -2.30. The Morgan fingerprint density at radius 3 is 2.78 bits per heavy atom. The molecule has 1 fully saturated rings. The highest BCUT2D eigenvalue weighted by Gasteiger charge is 2.21. The SMILES string of the molecule is CC(NC1CCCC(N)C1)c1ccc(Cl)cc1Cl. The van der Waals surface area contributed by atoms with Crippen LogP contribution in [0.3, 0.4) is 0 Å². The maximum atomic E-state index is 6.22. The van der Waals surface area contributed by atoms with E-state index in [1.807, 2.05) is 12.1 Å². The lowest BCUT2D eigenvalue weighted by molar-refractivity contribution is 0.319. The van der Waals surface area contributed by atoms with E-state index < -0.39 is 0 Å². The van der Waals surface area contributed by atoms with E-state index in [-0.39, 0.29) is 6.04 Å². The van der Waals surface area contributed by atoms with Crippen LogP contribution in [-0.2, 0) is 0 Å². The van der Waals surface area contributed by atoms with Crippen LogP contribution in [0.25, 0.3) is 0 Å². The Morgan fingerprint density at radius 1 is 1.33 bits per heavy atom. The molecule has 100 valence electrons. The predicted octanol–water partition coefficient (Wildman–Crippen LogP) is 3.91. The molecule has 3 N–H and O–H groups in total. The highest BCUT2D eigenvalue weighted by atomic mass is 35.5. The fourth-order valence-corrected chi connectivity index (χ4v) is 3.25. The summed E-state index contributed by atoms with van der Waals surface area (Å²) in [7, 11) is 0. The number of nitrogens with one attached hydrogen (secondary N) is 1. The maximum Gasteiger partial charge on any atom is 0.0468 e. The lowest BCUT2D eigenvalue weighted by atomic mass is 9.91. The van der Waals surface area contributed by atoms with Crippen LogP contribution in [0.15, 0.2) is 18.2 Å². The minimum atomic E-state index is 0.227. The van der Waals surface area contributed by atoms with Gasteiger partial charge in [-0.1, -0.05) is 35.7 Å². The summed E-state index contributed by atoms with van der Waals surface area (Å²) in [6.07, 6.45) is 4.60. The van der Waals surface area contributed by atoms with E-state index in [9.17, 15) is 0 Å². The van der Waals surface area contributed by atoms with Crippen molar-refractivity contribution in [2.75, 3.05) is 0 Å². The third-order valence-corrected chi connectivity index (χ3v) is 4.19. The van der Waals surface area contributed by atoms with Gasteiger partial charge in [-0.15, -0.1) is 0 Å². The molecule has 2 rings (SSSR count). The Balaban J connectivity index is 2.00. The van der Waals surface area contributed by atoms with E-state index >= 15 is 0 Å². The van der Waals surface area contributed by atoms with Crippen molar-refractivity contribution in [3.63, 3.8) is 0 Å². The first-order valence-electron chi connectivity index (χ1n) is 6.53. The van der Waals surface area contributed by atoms with Crippen LogP contribution < -0.4 is 11.1 Å². The summed E-state index contributed by atoms with van der Waals surface area (Å²) in [5, 5.41) is 5.02. The fourth-order valence-electron chi connectivity index (χ4n) is 2.67. The number of rotatable bonds is 3. The molecule has 1 aromatic rings. The molecule has 0 aliphatic heterocycles. The van der Waals surface area contributed by atoms with Gasteiger partial charge in [0, 0.05) is 28.2 Å². The van der Waals surface area contributed by atoms with Crippen LogP contribution >= 0.6 is 23.2 Å². The summed E-state index contributed by atoms with van der Waals surface area (Å²) in [6.45, 7) is 2.13. The summed E-state index contributed by atoms with van der Waals surface area (Å²) in [5.41, 5.74) is 7.10. The zero-order valence-electron chi connectivity index (χ0n) is 10.6. The van der Waals surface area contributed by atoms with Crippen molar-refractivity contribution in [3.05, 3.63) is 33.8 Å². The zero-order chi connectivity index (χ0) is 13.1. The molecule has 0 spiro atoms. The van der Waals surface area contributed by atoms with Gasteiger partial charge in [-0.05, 0) is 43.9 Å². The normalized spacial score (nSPS) is 26.0. The Bertz CT molecular complexity index is 409. The second kappa shape index (κ2) is 6.25. The number of halogens is 2. The highest BCUT2D eigenvalue weighted by molar-refractivity contribution is 6.35. The van der Waals surface area contributed by atoms with E-state index in [1.54, 1.807) is 6.07 Å². The Labute approximate surface area is 119 Å². The van der Waals surface area contributed by atoms with E-state index in [1.165, 1.54) is 12.8 Å². The molecule has 0 aromatic heterocycles. The van der Waals surface area contributed by atoms with Crippen molar-refractivity contribution in [2.24, 2.45) is 5.73 Å². The van der Waals surface area contributed by atoms with Gasteiger partial charge in [-0.25, -0.2) is 0 Å². The first-order valence-corrected chi connectivity index (χ1v) is 7.28. The van der Waals surface area contributed by atoms with E-state index in [2.05, 4.69) is 12.2 Å². The van der Waals surface area contributed by atoms with Crippen LogP contribution in [0.4, 0.5) is 0 Å². The quantitative estimate of drug-likeness (QED) is 0.884. The molecule has 3 unspecified atom stereocenters. The van der Waals surface area contributed by atoms with Gasteiger partial charge in [0.05, 0.1) is 0 Å². The Kier molecular flexibility index (Phi) is 4.91. The summed E-state index contributed by atoms with van der Waals surface area (Å²) in [4.78, 5) is 0. The Hall–Kier alpha value is -0.280. The minimum Gasteiger partial charge on any atom is -0.328 e. The van der Waals surface area contributed by atoms with Gasteiger partial charge in [0.15, 0.2) is 0 Å². The van der Waals surface area contributed by atoms with Crippen molar-refractivity contribution in [1.29, 1.82) is 0 Å². The summed E-state index contributed by atoms with van der Waals surface area (Å²) in [6, 6.07) is 6.73. The van der Waals surface area contributed by atoms with Gasteiger partial charge in [0.2, 0.25) is 0 Å². The molecular weight excluding hydrogens is 267 g/mol. The van der Waals surface area contributed by atoms with Crippen LogP contribution in [0.2, 0.25) is 10.0 Å². The molecule has 1 aromatic carbocycles. The number of benzene rings is 1. The number of nitrogens with two attached hydrogens (primary N) is 1. The van der Waals surface area contributed by atoms with Gasteiger partial charge < -0.3 is 11.1 Å². The topological polar surface area (TPSA) is 38.0 Å². The summed E-state index contributed by atoms with van der Waals surface area (Å²) < 4.78 is 0. The molecule has 0 heterocycles. The largest absolute Gasteiger partial charge is 0.328 e. The first kappa shape index (κ1) is 14.1. The van der Waals surface area contributed by atoms with Crippen molar-refractivity contribution in [2.45, 2.75) is 50.7 Å². The van der Waals surface area contributed by atoms with Crippen molar-refractivity contribution >= 4 is 23.2 Å². The average molecular weight is 287 g/mol. The van der Waals surface area contributed by atoms with Gasteiger partial charge in [0.1, 0.15) is 0 Å². The van der Waals surface area contributed by atoms with E-state index in [4.69, 9.17) is 28.9 Å². The number of hydrogen-bond acceptors (Lipinski definition) is 2. The van der Waals surface area contributed by atoms with E-state index in [0.29, 0.717) is 17.1 Å². The summed E-state index contributed by atoms with van der Waals surface area (Å²) >= 11 is 12.1. The molecule has 18 heavy (non-hydrogen) atoms. The molecule has 0 radical (unpaired) electrons. The molecule has 0 amide bonds. The summed E-state index contributed by atoms with van der Waals surface area (Å²) in [5.74, 6) is 0. The van der Waals surface area contributed by atoms with Gasteiger partial charge in [0.25, 0.3) is 0 Å². The van der Waals surface area contributed by atoms with Gasteiger partial charge in [-0.3, -0.25) is 0 Å². The molecular formula is C14H20Cl2N2. The third kappa shape index (κ3) is 3.61. The fraction of sp³-hybridized carbons (Fsp3) is 0.571. The minimum absolute atomic E-state index is 0.227. The molecule has 1 aliphatic carbocycles. The third-order valence-electron chi connectivity index (χ3n) is 3.63. The lowest BCUT2D eigenvalue weighted by Crippen LogP contribution is -2.40. The van der Waals surface area contributed by atoms with E-state index in [0.717, 1.165) is 23.4 Å². The molecule has 3 atom stereocenters. The molecule has 0 saturated heterocycles. The monoisotopic (exact) mass is 286 g/mol. The maximum absolute atomic E-state index is 6.22. The molecule has 4 heteroatoms. The second-order valence-electron chi connectivity index (χ2n) is 5.18. The van der Waals surface area contributed by atoms with Crippen molar-refractivity contribution in [3.8, 4) is 0 Å². The molecule has 2 nitrogen and oxygen atoms in total.